The number of carbonyl (C=O) groups is 1. The van der Waals surface area contributed by atoms with Gasteiger partial charge in [0.05, 0.1) is 6.61 Å². The van der Waals surface area contributed by atoms with Crippen LogP contribution in [0.5, 0.6) is 17.2 Å². The molecule has 2 atom stereocenters. The molecule has 2 aromatic carbocycles. The second-order valence-electron chi connectivity index (χ2n) is 6.63. The standard InChI is InChI=1S/C20H20FNO4/c21-16-3-1-14(2-4-16)18-7-8-22(12-23)10-15(18)11-24-17-5-6-19-20(9-17)26-13-25-19/h1-6,9,12,15,18H,7-8,10-11,13H2. The maximum absolute atomic E-state index is 13.2. The van der Waals surface area contributed by atoms with E-state index in [1.54, 1.807) is 4.90 Å². The molecule has 0 saturated carbocycles. The summed E-state index contributed by atoms with van der Waals surface area (Å²) < 4.78 is 29.9. The number of likely N-dealkylation sites (tertiary alicyclic amines) is 1. The first-order valence-corrected chi connectivity index (χ1v) is 8.70. The van der Waals surface area contributed by atoms with E-state index in [0.29, 0.717) is 36.9 Å². The average molecular weight is 357 g/mol. The van der Waals surface area contributed by atoms with E-state index in [2.05, 4.69) is 0 Å². The van der Waals surface area contributed by atoms with Gasteiger partial charge in [-0.25, -0.2) is 4.39 Å². The topological polar surface area (TPSA) is 48.0 Å². The molecule has 2 heterocycles. The van der Waals surface area contributed by atoms with Gasteiger partial charge in [0.1, 0.15) is 11.6 Å². The molecule has 2 aliphatic heterocycles. The Morgan fingerprint density at radius 3 is 2.77 bits per heavy atom. The van der Waals surface area contributed by atoms with Crippen LogP contribution in [0.1, 0.15) is 17.9 Å². The summed E-state index contributed by atoms with van der Waals surface area (Å²) in [5.74, 6) is 2.20. The molecule has 0 spiro atoms. The van der Waals surface area contributed by atoms with Gasteiger partial charge in [-0.05, 0) is 42.2 Å². The van der Waals surface area contributed by atoms with Crippen LogP contribution < -0.4 is 14.2 Å². The minimum atomic E-state index is -0.243. The van der Waals surface area contributed by atoms with Crippen molar-refractivity contribution in [2.24, 2.45) is 5.92 Å². The van der Waals surface area contributed by atoms with Gasteiger partial charge >= 0.3 is 0 Å². The molecule has 0 radical (unpaired) electrons. The lowest BCUT2D eigenvalue weighted by atomic mass is 9.81. The summed E-state index contributed by atoms with van der Waals surface area (Å²) in [6, 6.07) is 12.1. The summed E-state index contributed by atoms with van der Waals surface area (Å²) in [6.45, 7) is 2.01. The summed E-state index contributed by atoms with van der Waals surface area (Å²) >= 11 is 0. The number of halogens is 1. The number of hydrogen-bond acceptors (Lipinski definition) is 4. The monoisotopic (exact) mass is 357 g/mol. The van der Waals surface area contributed by atoms with Crippen molar-refractivity contribution in [3.05, 3.63) is 53.8 Å². The van der Waals surface area contributed by atoms with E-state index in [4.69, 9.17) is 14.2 Å². The van der Waals surface area contributed by atoms with Crippen LogP contribution in [0.15, 0.2) is 42.5 Å². The maximum Gasteiger partial charge on any atom is 0.231 e. The molecule has 2 unspecified atom stereocenters. The molecular formula is C20H20FNO4. The number of piperidine rings is 1. The van der Waals surface area contributed by atoms with Crippen LogP contribution in [0.25, 0.3) is 0 Å². The number of carbonyl (C=O) groups excluding carboxylic acids is 1. The van der Waals surface area contributed by atoms with Crippen LogP contribution in [-0.2, 0) is 4.79 Å². The van der Waals surface area contributed by atoms with E-state index in [9.17, 15) is 9.18 Å². The first-order valence-electron chi connectivity index (χ1n) is 8.70. The Bertz CT molecular complexity index is 780. The second kappa shape index (κ2) is 7.23. The van der Waals surface area contributed by atoms with Crippen LogP contribution in [0.2, 0.25) is 0 Å². The average Bonchev–Trinajstić information content (AvgIpc) is 3.14. The van der Waals surface area contributed by atoms with Crippen molar-refractivity contribution in [1.29, 1.82) is 0 Å². The lowest BCUT2D eigenvalue weighted by molar-refractivity contribution is -0.120. The van der Waals surface area contributed by atoms with E-state index in [-0.39, 0.29) is 24.4 Å². The molecular weight excluding hydrogens is 337 g/mol. The highest BCUT2D eigenvalue weighted by atomic mass is 19.1. The van der Waals surface area contributed by atoms with Gasteiger partial charge in [-0.3, -0.25) is 4.79 Å². The molecule has 4 rings (SSSR count). The van der Waals surface area contributed by atoms with Gasteiger partial charge in [0.25, 0.3) is 0 Å². The van der Waals surface area contributed by atoms with Gasteiger partial charge in [-0.15, -0.1) is 0 Å². The van der Waals surface area contributed by atoms with Crippen molar-refractivity contribution in [3.63, 3.8) is 0 Å². The molecule has 1 saturated heterocycles. The third kappa shape index (κ3) is 3.45. The largest absolute Gasteiger partial charge is 0.493 e. The van der Waals surface area contributed by atoms with Crippen LogP contribution in [0, 0.1) is 11.7 Å². The minimum absolute atomic E-state index is 0.129. The van der Waals surface area contributed by atoms with Gasteiger partial charge in [0.2, 0.25) is 13.2 Å². The number of fused-ring (bicyclic) bond motifs is 1. The molecule has 0 bridgehead atoms. The van der Waals surface area contributed by atoms with E-state index < -0.39 is 0 Å². The normalized spacial score (nSPS) is 21.5. The Kier molecular flexibility index (Phi) is 4.65. The summed E-state index contributed by atoms with van der Waals surface area (Å²) in [6.07, 6.45) is 1.72. The number of rotatable bonds is 5. The zero-order chi connectivity index (χ0) is 17.9. The molecule has 0 N–H and O–H groups in total. The maximum atomic E-state index is 13.2. The Morgan fingerprint density at radius 2 is 1.96 bits per heavy atom. The molecule has 1 fully saturated rings. The summed E-state index contributed by atoms with van der Waals surface area (Å²) in [5, 5.41) is 0. The number of amides is 1. The number of nitrogens with zero attached hydrogens (tertiary/aromatic N) is 1. The lowest BCUT2D eigenvalue weighted by Crippen LogP contribution is -2.41. The van der Waals surface area contributed by atoms with Crippen molar-refractivity contribution < 1.29 is 23.4 Å². The van der Waals surface area contributed by atoms with Gasteiger partial charge in [-0.1, -0.05) is 12.1 Å². The molecule has 2 aliphatic rings. The van der Waals surface area contributed by atoms with E-state index in [1.807, 2.05) is 30.3 Å². The van der Waals surface area contributed by atoms with Crippen molar-refractivity contribution >= 4 is 6.41 Å². The molecule has 26 heavy (non-hydrogen) atoms. The molecule has 5 nitrogen and oxygen atoms in total. The Morgan fingerprint density at radius 1 is 1.15 bits per heavy atom. The molecule has 6 heteroatoms. The minimum Gasteiger partial charge on any atom is -0.493 e. The van der Waals surface area contributed by atoms with Crippen LogP contribution in [-0.4, -0.2) is 37.8 Å². The van der Waals surface area contributed by atoms with Crippen molar-refractivity contribution in [1.82, 2.24) is 4.90 Å². The Hall–Kier alpha value is -2.76. The molecule has 0 aliphatic carbocycles. The van der Waals surface area contributed by atoms with Crippen molar-refractivity contribution in [3.8, 4) is 17.2 Å². The second-order valence-corrected chi connectivity index (χ2v) is 6.63. The number of benzene rings is 2. The molecule has 136 valence electrons. The number of ether oxygens (including phenoxy) is 3. The predicted octanol–water partition coefficient (Wildman–Crippen LogP) is 3.20. The van der Waals surface area contributed by atoms with E-state index in [1.165, 1.54) is 12.1 Å². The third-order valence-electron chi connectivity index (χ3n) is 5.02. The molecule has 1 amide bonds. The fourth-order valence-corrected chi connectivity index (χ4v) is 3.64. The number of hydrogen-bond donors (Lipinski definition) is 0. The smallest absolute Gasteiger partial charge is 0.231 e. The van der Waals surface area contributed by atoms with Crippen LogP contribution in [0.4, 0.5) is 4.39 Å². The quantitative estimate of drug-likeness (QED) is 0.771. The summed E-state index contributed by atoms with van der Waals surface area (Å²) in [4.78, 5) is 13.0. The van der Waals surface area contributed by atoms with Gasteiger partial charge in [0, 0.05) is 25.1 Å². The van der Waals surface area contributed by atoms with Crippen molar-refractivity contribution in [2.75, 3.05) is 26.5 Å². The highest BCUT2D eigenvalue weighted by Crippen LogP contribution is 2.37. The Labute approximate surface area is 151 Å². The third-order valence-corrected chi connectivity index (χ3v) is 5.02. The first kappa shape index (κ1) is 16.7. The molecule has 0 aromatic heterocycles. The van der Waals surface area contributed by atoms with Gasteiger partial charge < -0.3 is 19.1 Å². The van der Waals surface area contributed by atoms with Crippen molar-refractivity contribution in [2.45, 2.75) is 12.3 Å². The van der Waals surface area contributed by atoms with E-state index >= 15 is 0 Å². The zero-order valence-electron chi connectivity index (χ0n) is 14.3. The summed E-state index contributed by atoms with van der Waals surface area (Å²) in [7, 11) is 0. The van der Waals surface area contributed by atoms with Gasteiger partial charge in [0.15, 0.2) is 11.5 Å². The predicted molar refractivity (Wildman–Crippen MR) is 92.9 cm³/mol. The van der Waals surface area contributed by atoms with Crippen LogP contribution in [0.3, 0.4) is 0 Å². The Balaban J connectivity index is 1.48. The zero-order valence-corrected chi connectivity index (χ0v) is 14.3. The highest BCUT2D eigenvalue weighted by molar-refractivity contribution is 5.48. The molecule has 2 aromatic rings. The van der Waals surface area contributed by atoms with Gasteiger partial charge in [-0.2, -0.15) is 0 Å². The SMILES string of the molecule is O=CN1CCC(c2ccc(F)cc2)C(COc2ccc3c(c2)OCO3)C1. The lowest BCUT2D eigenvalue weighted by Gasteiger charge is -2.37. The van der Waals surface area contributed by atoms with E-state index in [0.717, 1.165) is 18.4 Å². The summed E-state index contributed by atoms with van der Waals surface area (Å²) in [5.41, 5.74) is 1.08. The van der Waals surface area contributed by atoms with Crippen LogP contribution >= 0.6 is 0 Å². The fraction of sp³-hybridized carbons (Fsp3) is 0.350. The first-order chi connectivity index (χ1) is 12.7. The highest BCUT2D eigenvalue weighted by Gasteiger charge is 2.30. The fourth-order valence-electron chi connectivity index (χ4n) is 3.64.